The summed E-state index contributed by atoms with van der Waals surface area (Å²) in [6.07, 6.45) is 5.19. The molecule has 34 heavy (non-hydrogen) atoms. The normalized spacial score (nSPS) is 19.0. The average Bonchev–Trinajstić information content (AvgIpc) is 3.44. The Morgan fingerprint density at radius 1 is 1.09 bits per heavy atom. The fourth-order valence-corrected chi connectivity index (χ4v) is 4.90. The van der Waals surface area contributed by atoms with Gasteiger partial charge in [-0.05, 0) is 37.6 Å². The van der Waals surface area contributed by atoms with Crippen molar-refractivity contribution in [2.24, 2.45) is 0 Å². The molecule has 0 amide bonds. The van der Waals surface area contributed by atoms with Gasteiger partial charge in [-0.25, -0.2) is 23.1 Å². The summed E-state index contributed by atoms with van der Waals surface area (Å²) in [5, 5.41) is 8.58. The number of imidazole rings is 1. The number of anilines is 1. The van der Waals surface area contributed by atoms with E-state index in [4.69, 9.17) is 4.98 Å². The molecule has 4 aromatic rings. The van der Waals surface area contributed by atoms with Crippen molar-refractivity contribution in [3.8, 4) is 23.0 Å². The third kappa shape index (κ3) is 3.10. The monoisotopic (exact) mass is 466 g/mol. The zero-order valence-electron chi connectivity index (χ0n) is 18.5. The van der Waals surface area contributed by atoms with Gasteiger partial charge in [-0.2, -0.15) is 4.98 Å². The molecule has 0 saturated heterocycles. The quantitative estimate of drug-likeness (QED) is 0.443. The number of benzene rings is 1. The molecule has 2 aliphatic rings. The number of hydrogen-bond acceptors (Lipinski definition) is 6. The summed E-state index contributed by atoms with van der Waals surface area (Å²) >= 11 is 0. The Bertz CT molecular complexity index is 1370. The number of halogens is 3. The SMILES string of the molecule is CCC1c2nnc(C)n2-c2cnc(-n3ccnc3-c3ccc(F)cc3)nc2N1C1CC(F)(F)C1. The second kappa shape index (κ2) is 7.37. The van der Waals surface area contributed by atoms with Crippen molar-refractivity contribution in [3.05, 3.63) is 60.3 Å². The predicted octanol–water partition coefficient (Wildman–Crippen LogP) is 4.43. The van der Waals surface area contributed by atoms with Crippen LogP contribution >= 0.6 is 0 Å². The number of rotatable bonds is 4. The van der Waals surface area contributed by atoms with Crippen LogP contribution in [0.25, 0.3) is 23.0 Å². The van der Waals surface area contributed by atoms with Gasteiger partial charge in [0.15, 0.2) is 11.6 Å². The summed E-state index contributed by atoms with van der Waals surface area (Å²) in [7, 11) is 0. The predicted molar refractivity (Wildman–Crippen MR) is 118 cm³/mol. The van der Waals surface area contributed by atoms with Crippen molar-refractivity contribution in [2.45, 2.75) is 51.1 Å². The summed E-state index contributed by atoms with van der Waals surface area (Å²) < 4.78 is 44.8. The third-order valence-corrected chi connectivity index (χ3v) is 6.51. The molecule has 0 radical (unpaired) electrons. The molecule has 0 spiro atoms. The van der Waals surface area contributed by atoms with Crippen molar-refractivity contribution in [2.75, 3.05) is 4.90 Å². The van der Waals surface area contributed by atoms with Gasteiger partial charge in [-0.15, -0.1) is 10.2 Å². The van der Waals surface area contributed by atoms with Crippen LogP contribution in [0.2, 0.25) is 0 Å². The summed E-state index contributed by atoms with van der Waals surface area (Å²) in [5.41, 5.74) is 1.36. The first-order valence-corrected chi connectivity index (χ1v) is 11.1. The first-order chi connectivity index (χ1) is 16.4. The van der Waals surface area contributed by atoms with E-state index in [1.54, 1.807) is 35.3 Å². The van der Waals surface area contributed by atoms with Crippen LogP contribution in [0.15, 0.2) is 42.9 Å². The second-order valence-electron chi connectivity index (χ2n) is 8.70. The standard InChI is InChI=1S/C23H21F3N8/c1-3-17-21-31-30-13(2)33(21)18-12-28-22(29-20(18)34(17)16-10-23(25,26)11-16)32-9-8-27-19(32)14-4-6-15(24)7-5-14/h4-9,12,16-17H,3,10-11H2,1-2H3. The maximum atomic E-state index is 13.9. The Balaban J connectivity index is 1.50. The molecule has 1 fully saturated rings. The van der Waals surface area contributed by atoms with Gasteiger partial charge in [0, 0.05) is 36.8 Å². The lowest BCUT2D eigenvalue weighted by atomic mass is 9.85. The number of nitrogens with zero attached hydrogens (tertiary/aromatic N) is 8. The van der Waals surface area contributed by atoms with Gasteiger partial charge < -0.3 is 4.90 Å². The number of aryl methyl sites for hydroxylation is 1. The van der Waals surface area contributed by atoms with Gasteiger partial charge in [-0.1, -0.05) is 6.92 Å². The van der Waals surface area contributed by atoms with E-state index in [1.807, 2.05) is 23.3 Å². The Morgan fingerprint density at radius 2 is 1.85 bits per heavy atom. The van der Waals surface area contributed by atoms with Gasteiger partial charge in [0.1, 0.15) is 23.2 Å². The molecule has 1 atom stereocenters. The van der Waals surface area contributed by atoms with Crippen LogP contribution in [0.5, 0.6) is 0 Å². The zero-order valence-corrected chi connectivity index (χ0v) is 18.5. The molecule has 1 aliphatic heterocycles. The van der Waals surface area contributed by atoms with Crippen molar-refractivity contribution in [1.82, 2.24) is 34.3 Å². The van der Waals surface area contributed by atoms with E-state index < -0.39 is 5.92 Å². The number of alkyl halides is 2. The van der Waals surface area contributed by atoms with Crippen molar-refractivity contribution in [1.29, 1.82) is 0 Å². The zero-order chi connectivity index (χ0) is 23.6. The van der Waals surface area contributed by atoms with Gasteiger partial charge in [0.2, 0.25) is 5.95 Å². The smallest absolute Gasteiger partial charge is 0.252 e. The maximum absolute atomic E-state index is 13.9. The first-order valence-electron chi connectivity index (χ1n) is 11.1. The van der Waals surface area contributed by atoms with Crippen molar-refractivity contribution < 1.29 is 13.2 Å². The highest BCUT2D eigenvalue weighted by Crippen LogP contribution is 2.48. The number of fused-ring (bicyclic) bond motifs is 3. The summed E-state index contributed by atoms with van der Waals surface area (Å²) in [5.74, 6) is -0.188. The highest BCUT2D eigenvalue weighted by Gasteiger charge is 2.52. The average molecular weight is 466 g/mol. The minimum Gasteiger partial charge on any atom is -0.341 e. The molecule has 6 rings (SSSR count). The van der Waals surface area contributed by atoms with Crippen LogP contribution in [0.1, 0.15) is 43.9 Å². The van der Waals surface area contributed by atoms with Gasteiger partial charge in [0.05, 0.1) is 12.2 Å². The van der Waals surface area contributed by atoms with E-state index in [0.717, 1.165) is 0 Å². The molecular weight excluding hydrogens is 445 g/mol. The molecule has 8 nitrogen and oxygen atoms in total. The Kier molecular flexibility index (Phi) is 4.51. The van der Waals surface area contributed by atoms with Crippen molar-refractivity contribution >= 4 is 5.82 Å². The van der Waals surface area contributed by atoms with Crippen LogP contribution in [0.3, 0.4) is 0 Å². The number of hydrogen-bond donors (Lipinski definition) is 0. The lowest BCUT2D eigenvalue weighted by Gasteiger charge is -2.48. The lowest BCUT2D eigenvalue weighted by molar-refractivity contribution is -0.0878. The van der Waals surface area contributed by atoms with E-state index >= 15 is 0 Å². The van der Waals surface area contributed by atoms with Gasteiger partial charge in [0.25, 0.3) is 5.92 Å². The molecule has 174 valence electrons. The van der Waals surface area contributed by atoms with Crippen LogP contribution in [-0.2, 0) is 0 Å². The molecule has 0 N–H and O–H groups in total. The third-order valence-electron chi connectivity index (χ3n) is 6.51. The summed E-state index contributed by atoms with van der Waals surface area (Å²) in [4.78, 5) is 15.8. The lowest BCUT2D eigenvalue weighted by Crippen LogP contribution is -2.54. The molecular formula is C23H21F3N8. The van der Waals surface area contributed by atoms with Crippen LogP contribution in [0.4, 0.5) is 19.0 Å². The fourth-order valence-electron chi connectivity index (χ4n) is 4.90. The molecule has 11 heteroatoms. The number of aromatic nitrogens is 7. The largest absolute Gasteiger partial charge is 0.341 e. The second-order valence-corrected chi connectivity index (χ2v) is 8.70. The maximum Gasteiger partial charge on any atom is 0.252 e. The molecule has 1 unspecified atom stereocenters. The van der Waals surface area contributed by atoms with Crippen LogP contribution < -0.4 is 4.90 Å². The van der Waals surface area contributed by atoms with E-state index in [9.17, 15) is 13.2 Å². The van der Waals surface area contributed by atoms with E-state index in [-0.39, 0.29) is 30.7 Å². The highest BCUT2D eigenvalue weighted by atomic mass is 19.3. The van der Waals surface area contributed by atoms with Gasteiger partial charge >= 0.3 is 0 Å². The topological polar surface area (TPSA) is 77.5 Å². The minimum atomic E-state index is -2.68. The van der Waals surface area contributed by atoms with Gasteiger partial charge in [-0.3, -0.25) is 9.13 Å². The Morgan fingerprint density at radius 3 is 2.56 bits per heavy atom. The Hall–Kier alpha value is -3.76. The van der Waals surface area contributed by atoms with E-state index in [2.05, 4.69) is 20.2 Å². The molecule has 0 bridgehead atoms. The first kappa shape index (κ1) is 20.8. The van der Waals surface area contributed by atoms with E-state index in [0.29, 0.717) is 46.9 Å². The van der Waals surface area contributed by atoms with Crippen LogP contribution in [0, 0.1) is 12.7 Å². The molecule has 1 aromatic carbocycles. The molecule has 1 aliphatic carbocycles. The molecule has 3 aromatic heterocycles. The highest BCUT2D eigenvalue weighted by molar-refractivity contribution is 5.64. The van der Waals surface area contributed by atoms with E-state index in [1.165, 1.54) is 12.1 Å². The molecule has 4 heterocycles. The van der Waals surface area contributed by atoms with Crippen molar-refractivity contribution in [3.63, 3.8) is 0 Å². The summed E-state index contributed by atoms with van der Waals surface area (Å²) in [6, 6.07) is 5.39. The fraction of sp³-hybridized carbons (Fsp3) is 0.348. The van der Waals surface area contributed by atoms with Crippen LogP contribution in [-0.4, -0.2) is 46.2 Å². The summed E-state index contributed by atoms with van der Waals surface area (Å²) in [6.45, 7) is 3.84. The Labute approximate surface area is 193 Å². The molecule has 1 saturated carbocycles. The minimum absolute atomic E-state index is 0.235.